The summed E-state index contributed by atoms with van der Waals surface area (Å²) in [6.07, 6.45) is 0.706. The SMILES string of the molecule is CC(NC(=O)CN1C(=O)c2ccccc2N2C(=O)CCC12C)c1cccc(S(N)(=O)=O)c1. The Hall–Kier alpha value is -3.24. The second kappa shape index (κ2) is 7.72. The number of fused-ring (bicyclic) bond motifs is 3. The zero-order valence-corrected chi connectivity index (χ0v) is 18.6. The summed E-state index contributed by atoms with van der Waals surface area (Å²) in [6, 6.07) is 12.4. The first-order valence-corrected chi connectivity index (χ1v) is 11.7. The fourth-order valence-corrected chi connectivity index (χ4v) is 4.98. The van der Waals surface area contributed by atoms with Gasteiger partial charge in [-0.3, -0.25) is 19.3 Å². The Balaban J connectivity index is 1.57. The summed E-state index contributed by atoms with van der Waals surface area (Å²) in [5.74, 6) is -0.828. The number of rotatable bonds is 5. The van der Waals surface area contributed by atoms with Gasteiger partial charge < -0.3 is 10.2 Å². The number of carbonyl (C=O) groups is 3. The molecule has 32 heavy (non-hydrogen) atoms. The van der Waals surface area contributed by atoms with Gasteiger partial charge in [-0.2, -0.15) is 0 Å². The topological polar surface area (TPSA) is 130 Å². The monoisotopic (exact) mass is 456 g/mol. The van der Waals surface area contributed by atoms with Crippen molar-refractivity contribution in [3.63, 3.8) is 0 Å². The highest BCUT2D eigenvalue weighted by atomic mass is 32.2. The molecule has 4 rings (SSSR count). The van der Waals surface area contributed by atoms with Gasteiger partial charge in [0.15, 0.2) is 0 Å². The zero-order valence-electron chi connectivity index (χ0n) is 17.7. The van der Waals surface area contributed by atoms with E-state index in [0.29, 0.717) is 23.2 Å². The molecule has 0 spiro atoms. The fraction of sp³-hybridized carbons (Fsp3) is 0.318. The number of sulfonamides is 1. The first-order chi connectivity index (χ1) is 15.0. The Labute approximate surface area is 186 Å². The van der Waals surface area contributed by atoms with Crippen LogP contribution in [0.2, 0.25) is 0 Å². The molecule has 2 heterocycles. The number of benzene rings is 2. The Bertz CT molecular complexity index is 1230. The van der Waals surface area contributed by atoms with E-state index in [9.17, 15) is 22.8 Å². The molecule has 2 aliphatic rings. The number of amides is 3. The summed E-state index contributed by atoms with van der Waals surface area (Å²) in [5.41, 5.74) is 0.565. The Morgan fingerprint density at radius 3 is 2.62 bits per heavy atom. The van der Waals surface area contributed by atoms with Gasteiger partial charge in [-0.15, -0.1) is 0 Å². The Morgan fingerprint density at radius 1 is 1.19 bits per heavy atom. The molecule has 9 nitrogen and oxygen atoms in total. The van der Waals surface area contributed by atoms with Gasteiger partial charge in [0.25, 0.3) is 5.91 Å². The van der Waals surface area contributed by atoms with Crippen LogP contribution in [-0.2, 0) is 19.6 Å². The number of nitrogens with zero attached hydrogens (tertiary/aromatic N) is 2. The molecule has 168 valence electrons. The summed E-state index contributed by atoms with van der Waals surface area (Å²) in [4.78, 5) is 41.7. The third-order valence-electron chi connectivity index (χ3n) is 6.11. The minimum Gasteiger partial charge on any atom is -0.348 e. The summed E-state index contributed by atoms with van der Waals surface area (Å²) < 4.78 is 23.2. The van der Waals surface area contributed by atoms with Crippen LogP contribution in [0.5, 0.6) is 0 Å². The lowest BCUT2D eigenvalue weighted by atomic mass is 9.98. The van der Waals surface area contributed by atoms with Crippen molar-refractivity contribution in [2.24, 2.45) is 5.14 Å². The van der Waals surface area contributed by atoms with E-state index in [-0.39, 0.29) is 29.7 Å². The van der Waals surface area contributed by atoms with Crippen LogP contribution in [0.1, 0.15) is 48.7 Å². The summed E-state index contributed by atoms with van der Waals surface area (Å²) >= 11 is 0. The van der Waals surface area contributed by atoms with Gasteiger partial charge in [0.1, 0.15) is 12.2 Å². The summed E-state index contributed by atoms with van der Waals surface area (Å²) in [6.45, 7) is 3.26. The lowest BCUT2D eigenvalue weighted by Crippen LogP contribution is -2.63. The Kier molecular flexibility index (Phi) is 5.30. The lowest BCUT2D eigenvalue weighted by molar-refractivity contribution is -0.124. The van der Waals surface area contributed by atoms with Crippen LogP contribution in [0, 0.1) is 0 Å². The van der Waals surface area contributed by atoms with Gasteiger partial charge in [0.05, 0.1) is 22.2 Å². The van der Waals surface area contributed by atoms with E-state index in [1.165, 1.54) is 17.0 Å². The maximum atomic E-state index is 13.2. The molecule has 2 aromatic carbocycles. The van der Waals surface area contributed by atoms with Crippen molar-refractivity contribution < 1.29 is 22.8 Å². The maximum absolute atomic E-state index is 13.2. The van der Waals surface area contributed by atoms with Crippen molar-refractivity contribution in [2.75, 3.05) is 11.4 Å². The predicted molar refractivity (Wildman–Crippen MR) is 117 cm³/mol. The highest BCUT2D eigenvalue weighted by molar-refractivity contribution is 7.89. The first kappa shape index (κ1) is 22.0. The van der Waals surface area contributed by atoms with Gasteiger partial charge in [0.2, 0.25) is 21.8 Å². The molecule has 0 radical (unpaired) electrons. The van der Waals surface area contributed by atoms with Crippen LogP contribution in [-0.4, -0.2) is 43.2 Å². The number of hydrogen-bond donors (Lipinski definition) is 2. The first-order valence-electron chi connectivity index (χ1n) is 10.2. The number of para-hydroxylation sites is 1. The second-order valence-corrected chi connectivity index (χ2v) is 9.82. The van der Waals surface area contributed by atoms with E-state index in [2.05, 4.69) is 5.32 Å². The summed E-state index contributed by atoms with van der Waals surface area (Å²) in [5, 5.41) is 7.99. The predicted octanol–water partition coefficient (Wildman–Crippen LogP) is 1.51. The molecule has 1 saturated heterocycles. The lowest BCUT2D eigenvalue weighted by Gasteiger charge is -2.48. The molecule has 0 bridgehead atoms. The Morgan fingerprint density at radius 2 is 1.91 bits per heavy atom. The number of primary sulfonamides is 1. The quantitative estimate of drug-likeness (QED) is 0.704. The summed E-state index contributed by atoms with van der Waals surface area (Å²) in [7, 11) is -3.87. The average Bonchev–Trinajstić information content (AvgIpc) is 3.06. The highest BCUT2D eigenvalue weighted by Gasteiger charge is 2.53. The number of carbonyl (C=O) groups excluding carboxylic acids is 3. The number of nitrogens with one attached hydrogen (secondary N) is 1. The third kappa shape index (κ3) is 3.65. The average molecular weight is 457 g/mol. The molecular weight excluding hydrogens is 432 g/mol. The molecule has 2 aliphatic heterocycles. The van der Waals surface area contributed by atoms with Gasteiger partial charge in [0, 0.05) is 6.42 Å². The minimum absolute atomic E-state index is 0.0495. The minimum atomic E-state index is -3.87. The van der Waals surface area contributed by atoms with Crippen LogP contribution in [0.4, 0.5) is 5.69 Å². The maximum Gasteiger partial charge on any atom is 0.258 e. The molecule has 3 N–H and O–H groups in total. The standard InChI is InChI=1S/C22H24N4O5S/c1-14(15-6-5-7-16(12-15)32(23,30)31)24-19(27)13-25-21(29)17-8-3-4-9-18(17)26-20(28)10-11-22(25,26)2/h3-9,12,14H,10-11,13H2,1-2H3,(H,24,27)(H2,23,30,31). The molecule has 10 heteroatoms. The largest absolute Gasteiger partial charge is 0.348 e. The van der Waals surface area contributed by atoms with E-state index in [4.69, 9.17) is 5.14 Å². The van der Waals surface area contributed by atoms with Crippen LogP contribution in [0.3, 0.4) is 0 Å². The van der Waals surface area contributed by atoms with Crippen molar-refractivity contribution in [3.05, 3.63) is 59.7 Å². The van der Waals surface area contributed by atoms with Crippen molar-refractivity contribution in [2.45, 2.75) is 43.3 Å². The number of nitrogens with two attached hydrogens (primary N) is 1. The van der Waals surface area contributed by atoms with E-state index < -0.39 is 27.6 Å². The normalized spacial score (nSPS) is 21.2. The molecule has 2 aromatic rings. The van der Waals surface area contributed by atoms with E-state index in [1.54, 1.807) is 55.1 Å². The van der Waals surface area contributed by atoms with Crippen LogP contribution in [0.15, 0.2) is 53.4 Å². The smallest absolute Gasteiger partial charge is 0.258 e. The van der Waals surface area contributed by atoms with Crippen molar-refractivity contribution >= 4 is 33.4 Å². The second-order valence-electron chi connectivity index (χ2n) is 8.26. The molecule has 0 saturated carbocycles. The van der Waals surface area contributed by atoms with E-state index >= 15 is 0 Å². The van der Waals surface area contributed by atoms with Gasteiger partial charge in [-0.05, 0) is 50.1 Å². The third-order valence-corrected chi connectivity index (χ3v) is 7.02. The highest BCUT2D eigenvalue weighted by Crippen LogP contribution is 2.43. The van der Waals surface area contributed by atoms with Gasteiger partial charge >= 0.3 is 0 Å². The van der Waals surface area contributed by atoms with E-state index in [1.807, 2.05) is 0 Å². The molecular formula is C22H24N4O5S. The molecule has 0 aromatic heterocycles. The molecule has 3 amide bonds. The molecule has 0 aliphatic carbocycles. The number of anilines is 1. The zero-order chi connectivity index (χ0) is 23.3. The van der Waals surface area contributed by atoms with Crippen LogP contribution >= 0.6 is 0 Å². The molecule has 2 unspecified atom stereocenters. The van der Waals surface area contributed by atoms with Crippen molar-refractivity contribution in [1.29, 1.82) is 0 Å². The molecule has 1 fully saturated rings. The van der Waals surface area contributed by atoms with Crippen LogP contribution < -0.4 is 15.4 Å². The van der Waals surface area contributed by atoms with Gasteiger partial charge in [-0.25, -0.2) is 13.6 Å². The number of hydrogen-bond acceptors (Lipinski definition) is 5. The van der Waals surface area contributed by atoms with Crippen LogP contribution in [0.25, 0.3) is 0 Å². The van der Waals surface area contributed by atoms with E-state index in [0.717, 1.165) is 0 Å². The molecule has 2 atom stereocenters. The van der Waals surface area contributed by atoms with Crippen molar-refractivity contribution in [3.8, 4) is 0 Å². The van der Waals surface area contributed by atoms with Crippen molar-refractivity contribution in [1.82, 2.24) is 10.2 Å². The fourth-order valence-electron chi connectivity index (χ4n) is 4.42. The van der Waals surface area contributed by atoms with Gasteiger partial charge in [-0.1, -0.05) is 24.3 Å².